The highest BCUT2D eigenvalue weighted by molar-refractivity contribution is 7.25. The number of pyridine rings is 1. The highest BCUT2D eigenvalue weighted by atomic mass is 32.1. The Kier molecular flexibility index (Phi) is 5.50. The number of nitrogens with zero attached hydrogens (tertiary/aromatic N) is 1. The molecule has 0 saturated heterocycles. The van der Waals surface area contributed by atoms with Crippen molar-refractivity contribution >= 4 is 48.2 Å². The maximum absolute atomic E-state index is 14.4. The lowest BCUT2D eigenvalue weighted by Crippen LogP contribution is -2.19. The van der Waals surface area contributed by atoms with E-state index in [1.165, 1.54) is 17.4 Å². The summed E-state index contributed by atoms with van der Waals surface area (Å²) in [5.74, 6) is 0.279. The van der Waals surface area contributed by atoms with Gasteiger partial charge >= 0.3 is 0 Å². The van der Waals surface area contributed by atoms with E-state index in [-0.39, 0.29) is 11.2 Å². The number of para-hydroxylation sites is 1. The minimum absolute atomic E-state index is 0.144. The van der Waals surface area contributed by atoms with Crippen LogP contribution in [0.15, 0.2) is 47.3 Å². The van der Waals surface area contributed by atoms with Crippen molar-refractivity contribution in [3.63, 3.8) is 0 Å². The first-order valence-electron chi connectivity index (χ1n) is 9.59. The van der Waals surface area contributed by atoms with Crippen LogP contribution in [0.3, 0.4) is 0 Å². The Bertz CT molecular complexity index is 1210. The third kappa shape index (κ3) is 3.45. The van der Waals surface area contributed by atoms with Gasteiger partial charge in [-0.25, -0.2) is 9.37 Å². The van der Waals surface area contributed by atoms with Crippen molar-refractivity contribution in [3.8, 4) is 0 Å². The average molecular weight is 396 g/mol. The molecule has 2 aromatic heterocycles. The molecule has 0 amide bonds. The standard InChI is InChI=1S/C22H22FN3OS/c1-2-11-24-12-6-13-25-22-21-18(14-7-3-4-10-17(14)26-22)19(27)15-8-5-9-16(23)20(15)28-21/h3-5,7-10,24H,2,6,11-13H2,1H3,(H,25,26). The summed E-state index contributed by atoms with van der Waals surface area (Å²) in [5, 5.41) is 8.57. The fourth-order valence-electron chi connectivity index (χ4n) is 3.39. The van der Waals surface area contributed by atoms with E-state index in [0.717, 1.165) is 43.4 Å². The highest BCUT2D eigenvalue weighted by Crippen LogP contribution is 2.34. The second-order valence-electron chi connectivity index (χ2n) is 6.76. The first kappa shape index (κ1) is 18.8. The van der Waals surface area contributed by atoms with Crippen LogP contribution in [-0.2, 0) is 0 Å². The van der Waals surface area contributed by atoms with Gasteiger partial charge in [0.2, 0.25) is 0 Å². The van der Waals surface area contributed by atoms with E-state index in [4.69, 9.17) is 4.98 Å². The van der Waals surface area contributed by atoms with E-state index in [0.29, 0.717) is 26.0 Å². The predicted octanol–water partition coefficient (Wildman–Crippen LogP) is 4.90. The van der Waals surface area contributed by atoms with E-state index >= 15 is 0 Å². The van der Waals surface area contributed by atoms with Gasteiger partial charge in [-0.1, -0.05) is 31.2 Å². The van der Waals surface area contributed by atoms with Crippen molar-refractivity contribution in [1.29, 1.82) is 0 Å². The van der Waals surface area contributed by atoms with E-state index in [9.17, 15) is 9.18 Å². The quantitative estimate of drug-likeness (QED) is 0.265. The van der Waals surface area contributed by atoms with Gasteiger partial charge in [0.1, 0.15) is 11.6 Å². The summed E-state index contributed by atoms with van der Waals surface area (Å²) in [6.07, 6.45) is 2.05. The zero-order valence-corrected chi connectivity index (χ0v) is 16.5. The highest BCUT2D eigenvalue weighted by Gasteiger charge is 2.16. The topological polar surface area (TPSA) is 54.0 Å². The fourth-order valence-corrected chi connectivity index (χ4v) is 4.55. The minimum atomic E-state index is -0.371. The summed E-state index contributed by atoms with van der Waals surface area (Å²) in [4.78, 5) is 18.0. The van der Waals surface area contributed by atoms with E-state index in [2.05, 4.69) is 17.6 Å². The number of benzene rings is 2. The second-order valence-corrected chi connectivity index (χ2v) is 7.78. The van der Waals surface area contributed by atoms with Crippen molar-refractivity contribution < 1.29 is 4.39 Å². The van der Waals surface area contributed by atoms with Crippen LogP contribution in [0.2, 0.25) is 0 Å². The molecule has 0 unspecified atom stereocenters. The fraction of sp³-hybridized carbons (Fsp3) is 0.273. The lowest BCUT2D eigenvalue weighted by molar-refractivity contribution is 0.641. The summed E-state index contributed by atoms with van der Waals surface area (Å²) in [6.45, 7) is 4.79. The molecular formula is C22H22FN3OS. The number of fused-ring (bicyclic) bond motifs is 4. The Morgan fingerprint density at radius 2 is 1.82 bits per heavy atom. The Hall–Kier alpha value is -2.57. The molecule has 2 heterocycles. The lowest BCUT2D eigenvalue weighted by atomic mass is 10.1. The smallest absolute Gasteiger partial charge is 0.196 e. The summed E-state index contributed by atoms with van der Waals surface area (Å²) >= 11 is 1.29. The molecule has 144 valence electrons. The second kappa shape index (κ2) is 8.20. The van der Waals surface area contributed by atoms with Gasteiger partial charge < -0.3 is 10.6 Å². The number of halogens is 1. The van der Waals surface area contributed by atoms with Crippen LogP contribution in [0.25, 0.3) is 31.1 Å². The molecule has 2 N–H and O–H groups in total. The van der Waals surface area contributed by atoms with Gasteiger partial charge in [-0.15, -0.1) is 11.3 Å². The molecule has 4 aromatic rings. The molecule has 0 aliphatic carbocycles. The summed E-state index contributed by atoms with van der Waals surface area (Å²) in [5.41, 5.74) is 0.621. The monoisotopic (exact) mass is 395 g/mol. The molecule has 6 heteroatoms. The number of nitrogens with one attached hydrogen (secondary N) is 2. The number of hydrogen-bond acceptors (Lipinski definition) is 5. The molecule has 28 heavy (non-hydrogen) atoms. The van der Waals surface area contributed by atoms with E-state index in [1.807, 2.05) is 24.3 Å². The third-order valence-electron chi connectivity index (χ3n) is 4.74. The largest absolute Gasteiger partial charge is 0.369 e. The van der Waals surface area contributed by atoms with Gasteiger partial charge in [-0.3, -0.25) is 4.79 Å². The van der Waals surface area contributed by atoms with Gasteiger partial charge in [-0.2, -0.15) is 0 Å². The van der Waals surface area contributed by atoms with Crippen molar-refractivity contribution in [2.45, 2.75) is 19.8 Å². The molecule has 0 aliphatic rings. The van der Waals surface area contributed by atoms with Crippen molar-refractivity contribution in [2.75, 3.05) is 25.0 Å². The maximum Gasteiger partial charge on any atom is 0.196 e. The molecule has 0 radical (unpaired) electrons. The summed E-state index contributed by atoms with van der Waals surface area (Å²) in [6, 6.07) is 12.3. The molecule has 0 bridgehead atoms. The number of anilines is 1. The van der Waals surface area contributed by atoms with Gasteiger partial charge in [0.25, 0.3) is 0 Å². The van der Waals surface area contributed by atoms with Crippen LogP contribution in [0.5, 0.6) is 0 Å². The number of hydrogen-bond donors (Lipinski definition) is 2. The maximum atomic E-state index is 14.4. The molecular weight excluding hydrogens is 373 g/mol. The van der Waals surface area contributed by atoms with Crippen LogP contribution < -0.4 is 16.1 Å². The van der Waals surface area contributed by atoms with Crippen molar-refractivity contribution in [1.82, 2.24) is 10.3 Å². The van der Waals surface area contributed by atoms with Crippen molar-refractivity contribution in [2.24, 2.45) is 0 Å². The zero-order chi connectivity index (χ0) is 19.5. The molecule has 0 aliphatic heterocycles. The van der Waals surface area contributed by atoms with Crippen LogP contribution >= 0.6 is 11.3 Å². The Morgan fingerprint density at radius 3 is 2.68 bits per heavy atom. The van der Waals surface area contributed by atoms with E-state index in [1.54, 1.807) is 12.1 Å². The summed E-state index contributed by atoms with van der Waals surface area (Å²) in [7, 11) is 0. The van der Waals surface area contributed by atoms with E-state index < -0.39 is 0 Å². The summed E-state index contributed by atoms with van der Waals surface area (Å²) < 4.78 is 15.5. The Morgan fingerprint density at radius 1 is 1.00 bits per heavy atom. The minimum Gasteiger partial charge on any atom is -0.369 e. The van der Waals surface area contributed by atoms with Crippen LogP contribution in [-0.4, -0.2) is 24.6 Å². The molecule has 0 saturated carbocycles. The molecule has 2 aromatic carbocycles. The first-order chi connectivity index (χ1) is 13.7. The number of rotatable bonds is 7. The average Bonchev–Trinajstić information content (AvgIpc) is 2.71. The SMILES string of the molecule is CCCNCCCNc1nc2ccccc2c2c(=O)c3cccc(F)c3sc12. The van der Waals surface area contributed by atoms with Gasteiger partial charge in [0, 0.05) is 17.3 Å². The van der Waals surface area contributed by atoms with Gasteiger partial charge in [-0.05, 0) is 44.1 Å². The molecule has 4 rings (SSSR count). The zero-order valence-electron chi connectivity index (χ0n) is 15.7. The molecule has 0 fully saturated rings. The third-order valence-corrected chi connectivity index (χ3v) is 5.96. The lowest BCUT2D eigenvalue weighted by Gasteiger charge is -2.12. The Labute approximate surface area is 166 Å². The van der Waals surface area contributed by atoms with Crippen LogP contribution in [0.4, 0.5) is 10.2 Å². The van der Waals surface area contributed by atoms with Gasteiger partial charge in [0.15, 0.2) is 5.43 Å². The first-order valence-corrected chi connectivity index (χ1v) is 10.4. The molecule has 0 spiro atoms. The van der Waals surface area contributed by atoms with Crippen LogP contribution in [0.1, 0.15) is 19.8 Å². The van der Waals surface area contributed by atoms with Crippen molar-refractivity contribution in [3.05, 3.63) is 58.5 Å². The molecule has 4 nitrogen and oxygen atoms in total. The normalized spacial score (nSPS) is 11.5. The Balaban J connectivity index is 1.84. The molecule has 0 atom stereocenters. The van der Waals surface area contributed by atoms with Gasteiger partial charge in [0.05, 0.1) is 20.3 Å². The number of aromatic nitrogens is 1. The predicted molar refractivity (Wildman–Crippen MR) is 117 cm³/mol. The van der Waals surface area contributed by atoms with Crippen LogP contribution in [0, 0.1) is 5.82 Å².